The topological polar surface area (TPSA) is 275 Å². The number of carbonyl (C=O) groups excluding carboxylic acids is 9. The van der Waals surface area contributed by atoms with Gasteiger partial charge in [-0.1, -0.05) is 160 Å². The molecule has 20 heteroatoms. The fourth-order valence-electron chi connectivity index (χ4n) is 6.72. The van der Waals surface area contributed by atoms with Crippen molar-refractivity contribution < 1.29 is 85.8 Å². The minimum atomic E-state index is -0.795. The average molecular weight is 1460 g/mol. The molecule has 0 saturated carbocycles. The summed E-state index contributed by atoms with van der Waals surface area (Å²) in [4.78, 5) is 100.0. The van der Waals surface area contributed by atoms with Crippen molar-refractivity contribution in [1.82, 2.24) is 5.32 Å². The lowest BCUT2D eigenvalue weighted by atomic mass is 9.76. The van der Waals surface area contributed by atoms with Gasteiger partial charge in [0.05, 0.1) is 58.9 Å². The van der Waals surface area contributed by atoms with E-state index in [1.54, 1.807) is 83.1 Å². The summed E-state index contributed by atoms with van der Waals surface area (Å²) >= 11 is 0. The first-order valence-corrected chi connectivity index (χ1v) is 36.3. The Morgan fingerprint density at radius 3 is 0.931 bits per heavy atom. The van der Waals surface area contributed by atoms with Crippen molar-refractivity contribution in [2.75, 3.05) is 19.9 Å². The molecule has 1 amide bonds. The number of ketones is 3. The van der Waals surface area contributed by atoms with Crippen LogP contribution in [0.5, 0.6) is 0 Å². The second-order valence-electron chi connectivity index (χ2n) is 35.7. The molecule has 0 saturated heterocycles. The highest BCUT2D eigenvalue weighted by Crippen LogP contribution is 2.28. The molecule has 0 rings (SSSR count). The first kappa shape index (κ1) is 118. The number of Topliss-reactive ketones (excluding diaryl/α,β-unsaturated/α-hetero) is 3. The zero-order valence-electron chi connectivity index (χ0n) is 73.1. The van der Waals surface area contributed by atoms with Gasteiger partial charge in [0.2, 0.25) is 5.91 Å². The third kappa shape index (κ3) is 100. The number of ether oxygens (including phenoxy) is 9. The van der Waals surface area contributed by atoms with Crippen molar-refractivity contribution in [3.63, 3.8) is 0 Å². The van der Waals surface area contributed by atoms with E-state index in [9.17, 15) is 43.2 Å². The zero-order valence-corrected chi connectivity index (χ0v) is 73.1. The summed E-state index contributed by atoms with van der Waals surface area (Å²) < 4.78 is 46.7. The monoisotopic (exact) mass is 1460 g/mol. The number of carbonyl (C=O) groups is 9. The van der Waals surface area contributed by atoms with Gasteiger partial charge in [0.15, 0.2) is 6.29 Å². The smallest absolute Gasteiger partial charge is 0.323 e. The fraction of sp³-hybridized carbons (Fsp3) is 0.889. The van der Waals surface area contributed by atoms with Crippen molar-refractivity contribution in [1.29, 1.82) is 0 Å². The normalized spacial score (nSPS) is 12.1. The second-order valence-corrected chi connectivity index (χ2v) is 35.7. The van der Waals surface area contributed by atoms with Crippen LogP contribution in [-0.2, 0) is 85.8 Å². The van der Waals surface area contributed by atoms with Gasteiger partial charge >= 0.3 is 29.8 Å². The van der Waals surface area contributed by atoms with E-state index < -0.39 is 35.2 Å². The Balaban J connectivity index is -0.000000116. The highest BCUT2D eigenvalue weighted by molar-refractivity contribution is 5.88. The van der Waals surface area contributed by atoms with Crippen LogP contribution in [0.4, 0.5) is 0 Å². The highest BCUT2D eigenvalue weighted by Gasteiger charge is 2.32. The Labute approximate surface area is 621 Å². The number of hydrogen-bond donors (Lipinski definition) is 2. The summed E-state index contributed by atoms with van der Waals surface area (Å²) in [5, 5.41) is 2.66. The molecule has 20 nitrogen and oxygen atoms in total. The minimum absolute atomic E-state index is 0. The van der Waals surface area contributed by atoms with Gasteiger partial charge in [0.1, 0.15) is 48.0 Å². The lowest BCUT2D eigenvalue weighted by Gasteiger charge is -2.30. The number of amides is 1. The average Bonchev–Trinajstić information content (AvgIpc) is 0.855. The van der Waals surface area contributed by atoms with Crippen molar-refractivity contribution in [3.8, 4) is 0 Å². The van der Waals surface area contributed by atoms with Crippen molar-refractivity contribution >= 4 is 53.1 Å². The molecule has 1 unspecified atom stereocenters. The van der Waals surface area contributed by atoms with Gasteiger partial charge in [0.25, 0.3) is 0 Å². The zero-order chi connectivity index (χ0) is 82.4. The lowest BCUT2D eigenvalue weighted by molar-refractivity contribution is -0.169. The number of nitrogens with one attached hydrogen (secondary N) is 1. The van der Waals surface area contributed by atoms with E-state index in [1.807, 2.05) is 173 Å². The quantitative estimate of drug-likeness (QED) is 0.0335. The van der Waals surface area contributed by atoms with Gasteiger partial charge < -0.3 is 53.7 Å². The Hall–Kier alpha value is -4.21. The van der Waals surface area contributed by atoms with Crippen LogP contribution in [-0.4, -0.2) is 131 Å². The van der Waals surface area contributed by atoms with Crippen molar-refractivity contribution in [2.24, 2.45) is 63.9 Å². The fourth-order valence-corrected chi connectivity index (χ4v) is 6.72. The molecule has 0 aliphatic rings. The highest BCUT2D eigenvalue weighted by atomic mass is 16.7. The van der Waals surface area contributed by atoms with Crippen LogP contribution >= 0.6 is 0 Å². The summed E-state index contributed by atoms with van der Waals surface area (Å²) in [6.45, 7) is 87.5. The van der Waals surface area contributed by atoms with Crippen molar-refractivity contribution in [3.05, 3.63) is 0 Å². The molecule has 0 bridgehead atoms. The summed E-state index contributed by atoms with van der Waals surface area (Å²) in [7, 11) is 0. The molecule has 608 valence electrons. The van der Waals surface area contributed by atoms with E-state index in [1.165, 1.54) is 0 Å². The molecule has 0 aromatic heterocycles. The third-order valence-corrected chi connectivity index (χ3v) is 10.9. The number of rotatable bonds is 22. The largest absolute Gasteiger partial charge is 0.464 e. The van der Waals surface area contributed by atoms with Gasteiger partial charge in [-0.25, -0.2) is 0 Å². The molecule has 0 spiro atoms. The first-order valence-electron chi connectivity index (χ1n) is 36.3. The molecular weight excluding hydrogens is 1290 g/mol. The Morgan fingerprint density at radius 1 is 0.396 bits per heavy atom. The summed E-state index contributed by atoms with van der Waals surface area (Å²) in [6.07, 6.45) is 1.47. The van der Waals surface area contributed by atoms with Crippen LogP contribution < -0.4 is 11.1 Å². The second kappa shape index (κ2) is 57.1. The lowest BCUT2D eigenvalue weighted by Crippen LogP contribution is -2.38. The number of hydrogen-bond acceptors (Lipinski definition) is 19. The predicted molar refractivity (Wildman–Crippen MR) is 417 cm³/mol. The molecule has 0 aliphatic carbocycles. The Bertz CT molecular complexity index is 2090. The van der Waals surface area contributed by atoms with Crippen LogP contribution in [0.25, 0.3) is 0 Å². The Morgan fingerprint density at radius 2 is 0.733 bits per heavy atom. The van der Waals surface area contributed by atoms with Crippen LogP contribution in [0.3, 0.4) is 0 Å². The summed E-state index contributed by atoms with van der Waals surface area (Å²) in [6, 6.07) is -0.795. The molecule has 0 radical (unpaired) electrons. The SMILES string of the molecule is C.CC(C)(C)C(=O)C(C)(C)C.CC(C)(C)OC(=O)CCC(N)C(=O)OC(C)(C)C.CC(C)(C)OC(C)(C)C.CC(C)(C)OCOC(C)(C)C.CC(C)C(=O)C(C)C.CC(C)C(=O)NCCOC(=O)C(C)C.CC(C)C(=O)OC(=O)C(C)C.CC(C)CC(=O)C(C)C.CC(C)OC(C)OC(C)C. The maximum atomic E-state index is 11.6. The molecular formula is C81H166N2O18. The Kier molecular flexibility index (Phi) is 66.6. The first-order chi connectivity index (χ1) is 44.0. The van der Waals surface area contributed by atoms with Gasteiger partial charge in [-0.15, -0.1) is 0 Å². The van der Waals surface area contributed by atoms with Crippen LogP contribution in [0.15, 0.2) is 0 Å². The molecule has 0 aliphatic heterocycles. The van der Waals surface area contributed by atoms with Crippen LogP contribution in [0.1, 0.15) is 338 Å². The maximum absolute atomic E-state index is 11.6. The van der Waals surface area contributed by atoms with E-state index in [-0.39, 0.29) is 138 Å². The molecule has 101 heavy (non-hydrogen) atoms. The van der Waals surface area contributed by atoms with Crippen LogP contribution in [0, 0.1) is 58.2 Å². The molecule has 3 N–H and O–H groups in total. The van der Waals surface area contributed by atoms with Crippen LogP contribution in [0.2, 0.25) is 0 Å². The summed E-state index contributed by atoms with van der Waals surface area (Å²) in [5.41, 5.74) is 3.93. The summed E-state index contributed by atoms with van der Waals surface area (Å²) in [5.74, 6) is -0.455. The third-order valence-electron chi connectivity index (χ3n) is 10.9. The molecule has 0 heterocycles. The van der Waals surface area contributed by atoms with E-state index in [4.69, 9.17) is 43.6 Å². The van der Waals surface area contributed by atoms with E-state index in [2.05, 4.69) is 65.4 Å². The molecule has 0 aromatic rings. The van der Waals surface area contributed by atoms with Gasteiger partial charge in [-0.05, 0) is 172 Å². The number of esters is 5. The maximum Gasteiger partial charge on any atom is 0.323 e. The van der Waals surface area contributed by atoms with Gasteiger partial charge in [-0.3, -0.25) is 43.2 Å². The molecule has 0 fully saturated rings. The molecule has 0 aromatic carbocycles. The van der Waals surface area contributed by atoms with E-state index in [0.29, 0.717) is 36.6 Å². The standard InChI is InChI=1S/C13H25NO4.C10H19NO3.C9H20O2.C9H18O.C8H14O3.C8H18O2.C8H18O.C8H16O.C7H14O.CH4/c1-12(2,3)17-10(15)8-7-9(14)11(16)18-13(4,5)6;1-7(2)9(12)11-5-6-14-10(13)8(3)4;1-8(2,3)10-7-11-9(4,5)6;1-8(2,3)7(10)9(4,5)6;1-5(2)7(9)11-8(10)6(3)4;1-6(2)9-8(5)10-7(3)4;1-7(2,3)9-8(4,5)6;1-6(2)5-8(9)7(3)4;1-5(2)7(8)6(3)4;/h9H,7-8,14H2,1-6H3;7-8H,5-6H2,1-4H3,(H,11,12);7H2,1-6H3;1-6H3;5-6H,1-4H3;6-8H,1-5H3;1-6H3;6-7H,5H2,1-4H3;5-6H,1-4H3;1H4. The van der Waals surface area contributed by atoms with Gasteiger partial charge in [-0.2, -0.15) is 0 Å². The van der Waals surface area contributed by atoms with Gasteiger partial charge in [0, 0.05) is 47.3 Å². The minimum Gasteiger partial charge on any atom is -0.464 e. The van der Waals surface area contributed by atoms with E-state index in [0.717, 1.165) is 6.42 Å². The predicted octanol–water partition coefficient (Wildman–Crippen LogP) is 18.9. The van der Waals surface area contributed by atoms with Crippen molar-refractivity contribution in [2.45, 2.75) is 396 Å². The number of nitrogens with two attached hydrogens (primary N) is 1. The molecule has 1 atom stereocenters. The van der Waals surface area contributed by atoms with E-state index >= 15 is 0 Å².